The van der Waals surface area contributed by atoms with Crippen molar-refractivity contribution in [1.29, 1.82) is 0 Å². The quantitative estimate of drug-likeness (QED) is 0.651. The molecular weight excluding hydrogens is 160 g/mol. The summed E-state index contributed by atoms with van der Waals surface area (Å²) in [7, 11) is 1.82. The first kappa shape index (κ1) is 11.0. The predicted molar refractivity (Wildman–Crippen MR) is 56.8 cm³/mol. The first-order chi connectivity index (χ1) is 6.08. The van der Waals surface area contributed by atoms with Crippen LogP contribution < -0.4 is 0 Å². The van der Waals surface area contributed by atoms with Gasteiger partial charge in [-0.15, -0.1) is 0 Å². The number of hydrogen-bond donors (Lipinski definition) is 0. The zero-order chi connectivity index (χ0) is 9.90. The highest BCUT2D eigenvalue weighted by atomic mass is 16.5. The molecule has 78 valence electrons. The molecule has 0 aliphatic heterocycles. The predicted octanol–water partition coefficient (Wildman–Crippen LogP) is 3.63. The van der Waals surface area contributed by atoms with Crippen molar-refractivity contribution in [2.75, 3.05) is 7.11 Å². The van der Waals surface area contributed by atoms with E-state index in [1.807, 2.05) is 7.11 Å². The van der Waals surface area contributed by atoms with Crippen molar-refractivity contribution in [2.45, 2.75) is 59.0 Å². The lowest BCUT2D eigenvalue weighted by molar-refractivity contribution is 0.0269. The molecule has 1 saturated carbocycles. The average Bonchev–Trinajstić information content (AvgIpc) is 2.10. The van der Waals surface area contributed by atoms with Gasteiger partial charge >= 0.3 is 0 Å². The lowest BCUT2D eigenvalue weighted by atomic mass is 9.66. The van der Waals surface area contributed by atoms with Gasteiger partial charge in [-0.25, -0.2) is 0 Å². The molecule has 0 aromatic rings. The summed E-state index contributed by atoms with van der Waals surface area (Å²) < 4.78 is 5.37. The largest absolute Gasteiger partial charge is 0.382 e. The molecule has 3 atom stereocenters. The summed E-state index contributed by atoms with van der Waals surface area (Å²) in [5, 5.41) is 0. The molecule has 1 rings (SSSR count). The van der Waals surface area contributed by atoms with Crippen molar-refractivity contribution in [3.63, 3.8) is 0 Å². The maximum Gasteiger partial charge on any atom is 0.0548 e. The SMILES string of the molecule is COC(C)C[C@@]1(C)CCCC[C@H]1C. The van der Waals surface area contributed by atoms with Gasteiger partial charge in [-0.3, -0.25) is 0 Å². The Kier molecular flexibility index (Phi) is 3.78. The summed E-state index contributed by atoms with van der Waals surface area (Å²) in [6, 6.07) is 0. The van der Waals surface area contributed by atoms with Gasteiger partial charge in [0.2, 0.25) is 0 Å². The van der Waals surface area contributed by atoms with Gasteiger partial charge in [0.25, 0.3) is 0 Å². The molecule has 0 N–H and O–H groups in total. The molecule has 0 bridgehead atoms. The van der Waals surface area contributed by atoms with Crippen LogP contribution in [0.25, 0.3) is 0 Å². The summed E-state index contributed by atoms with van der Waals surface area (Å²) in [6.07, 6.45) is 7.29. The van der Waals surface area contributed by atoms with E-state index in [4.69, 9.17) is 4.74 Å². The topological polar surface area (TPSA) is 9.23 Å². The Morgan fingerprint density at radius 3 is 2.69 bits per heavy atom. The fourth-order valence-corrected chi connectivity index (χ4v) is 2.62. The maximum absolute atomic E-state index is 5.37. The molecule has 0 aromatic heterocycles. The Bertz CT molecular complexity index is 155. The zero-order valence-corrected chi connectivity index (χ0v) is 9.60. The lowest BCUT2D eigenvalue weighted by Crippen LogP contribution is -2.32. The van der Waals surface area contributed by atoms with E-state index in [0.717, 1.165) is 5.92 Å². The smallest absolute Gasteiger partial charge is 0.0548 e. The van der Waals surface area contributed by atoms with Crippen LogP contribution in [0.15, 0.2) is 0 Å². The van der Waals surface area contributed by atoms with E-state index >= 15 is 0 Å². The second kappa shape index (κ2) is 4.45. The average molecular weight is 184 g/mol. The van der Waals surface area contributed by atoms with Gasteiger partial charge in [0.1, 0.15) is 0 Å². The molecule has 1 fully saturated rings. The normalized spacial score (nSPS) is 37.4. The summed E-state index contributed by atoms with van der Waals surface area (Å²) >= 11 is 0. The molecule has 1 nitrogen and oxygen atoms in total. The van der Waals surface area contributed by atoms with E-state index in [0.29, 0.717) is 11.5 Å². The molecule has 0 saturated heterocycles. The van der Waals surface area contributed by atoms with Crippen LogP contribution >= 0.6 is 0 Å². The molecule has 0 radical (unpaired) electrons. The van der Waals surface area contributed by atoms with Crippen molar-refractivity contribution in [3.05, 3.63) is 0 Å². The van der Waals surface area contributed by atoms with Crippen LogP contribution in [-0.4, -0.2) is 13.2 Å². The highest BCUT2D eigenvalue weighted by Gasteiger charge is 2.34. The van der Waals surface area contributed by atoms with Gasteiger partial charge in [0.05, 0.1) is 6.10 Å². The summed E-state index contributed by atoms with van der Waals surface area (Å²) in [5.74, 6) is 0.874. The minimum Gasteiger partial charge on any atom is -0.382 e. The standard InChI is InChI=1S/C12H24O/c1-10-7-5-6-8-12(10,3)9-11(2)13-4/h10-11H,5-9H2,1-4H3/t10-,11?,12-/m1/s1. The van der Waals surface area contributed by atoms with Crippen LogP contribution in [-0.2, 0) is 4.74 Å². The Morgan fingerprint density at radius 2 is 2.15 bits per heavy atom. The molecule has 0 spiro atoms. The Hall–Kier alpha value is -0.0400. The van der Waals surface area contributed by atoms with Crippen LogP contribution in [0.2, 0.25) is 0 Å². The third-order valence-corrected chi connectivity index (χ3v) is 3.98. The van der Waals surface area contributed by atoms with Crippen LogP contribution in [0.5, 0.6) is 0 Å². The van der Waals surface area contributed by atoms with Crippen molar-refractivity contribution >= 4 is 0 Å². The van der Waals surface area contributed by atoms with E-state index < -0.39 is 0 Å². The van der Waals surface area contributed by atoms with Crippen molar-refractivity contribution in [1.82, 2.24) is 0 Å². The second-order valence-electron chi connectivity index (χ2n) is 5.05. The zero-order valence-electron chi connectivity index (χ0n) is 9.60. The van der Waals surface area contributed by atoms with E-state index in [1.54, 1.807) is 0 Å². The van der Waals surface area contributed by atoms with Crippen molar-refractivity contribution in [2.24, 2.45) is 11.3 Å². The summed E-state index contributed by atoms with van der Waals surface area (Å²) in [5.41, 5.74) is 0.535. The van der Waals surface area contributed by atoms with E-state index in [1.165, 1.54) is 32.1 Å². The second-order valence-corrected chi connectivity index (χ2v) is 5.05. The van der Waals surface area contributed by atoms with Crippen molar-refractivity contribution in [3.8, 4) is 0 Å². The Morgan fingerprint density at radius 1 is 1.46 bits per heavy atom. The molecule has 0 heterocycles. The summed E-state index contributed by atoms with van der Waals surface area (Å²) in [4.78, 5) is 0. The molecular formula is C12H24O. The van der Waals surface area contributed by atoms with Crippen LogP contribution in [0.1, 0.15) is 52.9 Å². The third-order valence-electron chi connectivity index (χ3n) is 3.98. The van der Waals surface area contributed by atoms with Gasteiger partial charge in [-0.05, 0) is 31.1 Å². The summed E-state index contributed by atoms with van der Waals surface area (Å²) in [6.45, 7) is 7.03. The van der Waals surface area contributed by atoms with Crippen LogP contribution in [0.3, 0.4) is 0 Å². The van der Waals surface area contributed by atoms with Crippen LogP contribution in [0.4, 0.5) is 0 Å². The lowest BCUT2D eigenvalue weighted by Gasteiger charge is -2.41. The Balaban J connectivity index is 2.51. The number of ether oxygens (including phenoxy) is 1. The minimum atomic E-state index is 0.422. The number of rotatable bonds is 3. The molecule has 0 aromatic carbocycles. The van der Waals surface area contributed by atoms with Gasteiger partial charge in [-0.1, -0.05) is 33.1 Å². The molecule has 1 aliphatic carbocycles. The number of hydrogen-bond acceptors (Lipinski definition) is 1. The fraction of sp³-hybridized carbons (Fsp3) is 1.00. The van der Waals surface area contributed by atoms with Gasteiger partial charge < -0.3 is 4.74 Å². The Labute approximate surface area is 82.9 Å². The van der Waals surface area contributed by atoms with Gasteiger partial charge in [0, 0.05) is 7.11 Å². The highest BCUT2D eigenvalue weighted by Crippen LogP contribution is 2.44. The monoisotopic (exact) mass is 184 g/mol. The fourth-order valence-electron chi connectivity index (χ4n) is 2.62. The first-order valence-corrected chi connectivity index (χ1v) is 5.61. The van der Waals surface area contributed by atoms with E-state index in [9.17, 15) is 0 Å². The molecule has 1 heteroatoms. The van der Waals surface area contributed by atoms with Crippen molar-refractivity contribution < 1.29 is 4.74 Å². The molecule has 13 heavy (non-hydrogen) atoms. The maximum atomic E-state index is 5.37. The third kappa shape index (κ3) is 2.70. The van der Waals surface area contributed by atoms with Gasteiger partial charge in [0.15, 0.2) is 0 Å². The van der Waals surface area contributed by atoms with E-state index in [2.05, 4.69) is 20.8 Å². The van der Waals surface area contributed by atoms with E-state index in [-0.39, 0.29) is 0 Å². The van der Waals surface area contributed by atoms with Gasteiger partial charge in [-0.2, -0.15) is 0 Å². The first-order valence-electron chi connectivity index (χ1n) is 5.61. The van der Waals surface area contributed by atoms with Crippen LogP contribution in [0, 0.1) is 11.3 Å². The minimum absolute atomic E-state index is 0.422. The molecule has 0 amide bonds. The molecule has 1 unspecified atom stereocenters. The number of methoxy groups -OCH3 is 1. The molecule has 1 aliphatic rings. The highest BCUT2D eigenvalue weighted by molar-refractivity contribution is 4.85.